The fourth-order valence-electron chi connectivity index (χ4n) is 0.911. The molecule has 0 amide bonds. The number of likely N-dealkylation sites (tertiary alicyclic amines) is 1. The van der Waals surface area contributed by atoms with E-state index >= 15 is 0 Å². The summed E-state index contributed by atoms with van der Waals surface area (Å²) in [5.74, 6) is 0. The van der Waals surface area contributed by atoms with Crippen LogP contribution in [0, 0.1) is 0 Å². The Labute approximate surface area is 54.3 Å². The second-order valence-corrected chi connectivity index (χ2v) is 2.46. The Morgan fingerprint density at radius 3 is 2.56 bits per heavy atom. The van der Waals surface area contributed by atoms with Gasteiger partial charge in [0.25, 0.3) is 0 Å². The van der Waals surface area contributed by atoms with Crippen molar-refractivity contribution in [3.63, 3.8) is 0 Å². The van der Waals surface area contributed by atoms with Crippen LogP contribution in [0.3, 0.4) is 0 Å². The maximum atomic E-state index is 11.6. The minimum atomic E-state index is -0.759. The first-order valence-electron chi connectivity index (χ1n) is 3.29. The number of β-amino-alcohol motifs (C(OH)–C–C–N with tert-alkyl or cyclic N) is 1. The summed E-state index contributed by atoms with van der Waals surface area (Å²) in [6, 6.07) is 0. The van der Waals surface area contributed by atoms with E-state index in [1.54, 1.807) is 0 Å². The first kappa shape index (κ1) is 6.96. The van der Waals surface area contributed by atoms with E-state index < -0.39 is 12.8 Å². The van der Waals surface area contributed by atoms with Crippen LogP contribution in [0.5, 0.6) is 0 Å². The van der Waals surface area contributed by atoms with Gasteiger partial charge in [0.2, 0.25) is 0 Å². The van der Waals surface area contributed by atoms with Gasteiger partial charge in [0.1, 0.15) is 6.67 Å². The number of hydrogen-bond donors (Lipinski definition) is 1. The first-order chi connectivity index (χ1) is 4.33. The predicted molar refractivity (Wildman–Crippen MR) is 33.0 cm³/mol. The number of halogens is 1. The van der Waals surface area contributed by atoms with Crippen LogP contribution < -0.4 is 0 Å². The largest absolute Gasteiger partial charge is 0.389 e. The third-order valence-corrected chi connectivity index (χ3v) is 1.60. The fourth-order valence-corrected chi connectivity index (χ4v) is 0.911. The molecule has 0 aromatic heterocycles. The number of alkyl halides is 1. The summed E-state index contributed by atoms with van der Waals surface area (Å²) in [4.78, 5) is 2.05. The smallest absolute Gasteiger partial charge is 0.117 e. The number of rotatable bonds is 3. The van der Waals surface area contributed by atoms with Crippen LogP contribution in [0.15, 0.2) is 0 Å². The van der Waals surface area contributed by atoms with Gasteiger partial charge < -0.3 is 10.0 Å². The van der Waals surface area contributed by atoms with Gasteiger partial charge >= 0.3 is 0 Å². The minimum Gasteiger partial charge on any atom is -0.389 e. The Hall–Kier alpha value is -0.150. The van der Waals surface area contributed by atoms with E-state index in [0.717, 1.165) is 13.1 Å². The van der Waals surface area contributed by atoms with Gasteiger partial charge in [-0.2, -0.15) is 0 Å². The van der Waals surface area contributed by atoms with Crippen molar-refractivity contribution in [3.8, 4) is 0 Å². The number of nitrogens with zero attached hydrogens (tertiary/aromatic N) is 1. The Bertz CT molecular complexity index is 82.4. The zero-order chi connectivity index (χ0) is 6.69. The molecular weight excluding hydrogens is 121 g/mol. The molecule has 0 bridgehead atoms. The zero-order valence-corrected chi connectivity index (χ0v) is 5.39. The van der Waals surface area contributed by atoms with Gasteiger partial charge in [0, 0.05) is 6.54 Å². The van der Waals surface area contributed by atoms with E-state index in [-0.39, 0.29) is 0 Å². The van der Waals surface area contributed by atoms with Crippen LogP contribution in [0.2, 0.25) is 0 Å². The molecule has 1 fully saturated rings. The molecule has 1 heterocycles. The summed E-state index contributed by atoms with van der Waals surface area (Å²) in [6.07, 6.45) is 0.434. The summed E-state index contributed by atoms with van der Waals surface area (Å²) < 4.78 is 11.6. The summed E-state index contributed by atoms with van der Waals surface area (Å²) in [5, 5.41) is 8.78. The lowest BCUT2D eigenvalue weighted by Gasteiger charge is -2.31. The van der Waals surface area contributed by atoms with Crippen LogP contribution in [-0.4, -0.2) is 42.4 Å². The predicted octanol–water partition coefficient (Wildman–Crippen LogP) is 0.0225. The fraction of sp³-hybridized carbons (Fsp3) is 1.00. The normalized spacial score (nSPS) is 23.3. The van der Waals surface area contributed by atoms with E-state index in [9.17, 15) is 4.39 Å². The van der Waals surface area contributed by atoms with E-state index in [0.29, 0.717) is 6.54 Å². The average Bonchev–Trinajstić information content (AvgIpc) is 1.78. The SMILES string of the molecule is OC(CF)CN1CCC1. The molecule has 1 aliphatic rings. The van der Waals surface area contributed by atoms with E-state index in [1.165, 1.54) is 6.42 Å². The lowest BCUT2D eigenvalue weighted by atomic mass is 10.2. The highest BCUT2D eigenvalue weighted by Gasteiger charge is 2.16. The third kappa shape index (κ3) is 1.91. The van der Waals surface area contributed by atoms with E-state index in [4.69, 9.17) is 5.11 Å². The average molecular weight is 133 g/mol. The lowest BCUT2D eigenvalue weighted by Crippen LogP contribution is -2.42. The Morgan fingerprint density at radius 2 is 2.22 bits per heavy atom. The molecule has 1 N–H and O–H groups in total. The molecule has 2 nitrogen and oxygen atoms in total. The van der Waals surface area contributed by atoms with Crippen molar-refractivity contribution in [2.75, 3.05) is 26.3 Å². The molecule has 1 aliphatic heterocycles. The van der Waals surface area contributed by atoms with Crippen LogP contribution in [0.1, 0.15) is 6.42 Å². The molecule has 1 atom stereocenters. The van der Waals surface area contributed by atoms with Crippen molar-refractivity contribution >= 4 is 0 Å². The highest BCUT2D eigenvalue weighted by atomic mass is 19.1. The Kier molecular flexibility index (Phi) is 2.42. The molecule has 9 heavy (non-hydrogen) atoms. The molecule has 0 saturated carbocycles. The minimum absolute atomic E-state index is 0.510. The standard InChI is InChI=1S/C6H12FNO/c7-4-6(9)5-8-2-1-3-8/h6,9H,1-5H2. The number of aliphatic hydroxyl groups is 1. The van der Waals surface area contributed by atoms with Gasteiger partial charge in [-0.1, -0.05) is 0 Å². The molecular formula is C6H12FNO. The van der Waals surface area contributed by atoms with Crippen molar-refractivity contribution in [3.05, 3.63) is 0 Å². The first-order valence-corrected chi connectivity index (χ1v) is 3.29. The van der Waals surface area contributed by atoms with Crippen LogP contribution >= 0.6 is 0 Å². The second kappa shape index (κ2) is 3.13. The van der Waals surface area contributed by atoms with Crippen LogP contribution in [0.25, 0.3) is 0 Å². The molecule has 3 heteroatoms. The quantitative estimate of drug-likeness (QED) is 0.586. The highest BCUT2D eigenvalue weighted by molar-refractivity contribution is 4.71. The summed E-state index contributed by atoms with van der Waals surface area (Å²) in [7, 11) is 0. The van der Waals surface area contributed by atoms with Gasteiger partial charge in [-0.15, -0.1) is 0 Å². The van der Waals surface area contributed by atoms with Gasteiger partial charge in [-0.3, -0.25) is 0 Å². The highest BCUT2D eigenvalue weighted by Crippen LogP contribution is 2.05. The topological polar surface area (TPSA) is 23.5 Å². The van der Waals surface area contributed by atoms with Gasteiger partial charge in [0.15, 0.2) is 0 Å². The maximum Gasteiger partial charge on any atom is 0.117 e. The van der Waals surface area contributed by atoms with Crippen molar-refractivity contribution in [1.29, 1.82) is 0 Å². The van der Waals surface area contributed by atoms with Crippen molar-refractivity contribution in [2.45, 2.75) is 12.5 Å². The molecule has 1 saturated heterocycles. The lowest BCUT2D eigenvalue weighted by molar-refractivity contribution is 0.0627. The summed E-state index contributed by atoms with van der Waals surface area (Å²) >= 11 is 0. The zero-order valence-electron chi connectivity index (χ0n) is 5.39. The maximum absolute atomic E-state index is 11.6. The van der Waals surface area contributed by atoms with E-state index in [2.05, 4.69) is 0 Å². The van der Waals surface area contributed by atoms with Crippen molar-refractivity contribution in [2.24, 2.45) is 0 Å². The third-order valence-electron chi connectivity index (χ3n) is 1.60. The molecule has 0 aromatic carbocycles. The van der Waals surface area contributed by atoms with Gasteiger partial charge in [-0.05, 0) is 19.5 Å². The summed E-state index contributed by atoms with van der Waals surface area (Å²) in [5.41, 5.74) is 0. The molecule has 0 spiro atoms. The molecule has 0 aromatic rings. The number of aliphatic hydroxyl groups excluding tert-OH is 1. The molecule has 54 valence electrons. The van der Waals surface area contributed by atoms with Crippen LogP contribution in [0.4, 0.5) is 4.39 Å². The molecule has 1 unspecified atom stereocenters. The number of hydrogen-bond acceptors (Lipinski definition) is 2. The van der Waals surface area contributed by atoms with Gasteiger partial charge in [0.05, 0.1) is 6.10 Å². The molecule has 1 rings (SSSR count). The van der Waals surface area contributed by atoms with Crippen LogP contribution in [-0.2, 0) is 0 Å². The van der Waals surface area contributed by atoms with Crippen molar-refractivity contribution < 1.29 is 9.50 Å². The monoisotopic (exact) mass is 133 g/mol. The Balaban J connectivity index is 2.01. The molecule has 0 aliphatic carbocycles. The van der Waals surface area contributed by atoms with Crippen molar-refractivity contribution in [1.82, 2.24) is 4.90 Å². The van der Waals surface area contributed by atoms with Gasteiger partial charge in [-0.25, -0.2) is 4.39 Å². The molecule has 0 radical (unpaired) electrons. The second-order valence-electron chi connectivity index (χ2n) is 2.46. The summed E-state index contributed by atoms with van der Waals surface area (Å²) in [6.45, 7) is 1.95. The van der Waals surface area contributed by atoms with E-state index in [1.807, 2.05) is 4.90 Å². The Morgan fingerprint density at radius 1 is 1.56 bits per heavy atom.